The van der Waals surface area contributed by atoms with E-state index >= 15 is 0 Å². The normalized spacial score (nSPS) is 18.4. The molecular formula is C14H17ClN2O2. The average molecular weight is 281 g/mol. The van der Waals surface area contributed by atoms with E-state index in [-0.39, 0.29) is 11.9 Å². The van der Waals surface area contributed by atoms with Crippen molar-refractivity contribution in [1.82, 2.24) is 10.2 Å². The molecule has 1 fully saturated rings. The number of hydrogen-bond acceptors (Lipinski definition) is 2. The molecule has 0 bridgehead atoms. The van der Waals surface area contributed by atoms with Crippen molar-refractivity contribution >= 4 is 23.9 Å². The summed E-state index contributed by atoms with van der Waals surface area (Å²) in [6.07, 6.45) is 2.39. The van der Waals surface area contributed by atoms with Crippen molar-refractivity contribution in [1.29, 1.82) is 0 Å². The first kappa shape index (κ1) is 13.9. The van der Waals surface area contributed by atoms with Gasteiger partial charge in [0.2, 0.25) is 12.3 Å². The summed E-state index contributed by atoms with van der Waals surface area (Å²) in [6, 6.07) is 7.48. The van der Waals surface area contributed by atoms with Crippen LogP contribution in [0.5, 0.6) is 0 Å². The van der Waals surface area contributed by atoms with Gasteiger partial charge in [0.25, 0.3) is 0 Å². The standard InChI is InChI=1S/C14H17ClN2O2/c15-8-11-3-5-12(6-4-11)9-16-14(19)13-2-1-7-17(13)10-18/h3-6,10,13H,1-2,7-9H2,(H,16,19)/t13-/m0/s1. The molecule has 1 aliphatic rings. The molecule has 5 heteroatoms. The highest BCUT2D eigenvalue weighted by molar-refractivity contribution is 6.17. The van der Waals surface area contributed by atoms with E-state index < -0.39 is 0 Å². The van der Waals surface area contributed by atoms with Crippen LogP contribution in [0, 0.1) is 0 Å². The lowest BCUT2D eigenvalue weighted by molar-refractivity contribution is -0.131. The van der Waals surface area contributed by atoms with E-state index in [4.69, 9.17) is 11.6 Å². The molecule has 0 unspecified atom stereocenters. The number of carbonyl (C=O) groups is 2. The number of amides is 2. The minimum atomic E-state index is -0.306. The van der Waals surface area contributed by atoms with E-state index in [9.17, 15) is 9.59 Å². The SMILES string of the molecule is O=CN1CCC[C@H]1C(=O)NCc1ccc(CCl)cc1. The molecule has 2 amide bonds. The second-order valence-corrected chi connectivity index (χ2v) is 4.94. The molecule has 1 N–H and O–H groups in total. The smallest absolute Gasteiger partial charge is 0.243 e. The van der Waals surface area contributed by atoms with Crippen molar-refractivity contribution < 1.29 is 9.59 Å². The lowest BCUT2D eigenvalue weighted by Gasteiger charge is -2.19. The average Bonchev–Trinajstić information content (AvgIpc) is 2.93. The number of hydrogen-bond donors (Lipinski definition) is 1. The van der Waals surface area contributed by atoms with Gasteiger partial charge in [-0.05, 0) is 24.0 Å². The number of nitrogens with zero attached hydrogens (tertiary/aromatic N) is 1. The van der Waals surface area contributed by atoms with Gasteiger partial charge < -0.3 is 10.2 Å². The highest BCUT2D eigenvalue weighted by Gasteiger charge is 2.29. The van der Waals surface area contributed by atoms with Crippen LogP contribution >= 0.6 is 11.6 Å². The lowest BCUT2D eigenvalue weighted by Crippen LogP contribution is -2.42. The van der Waals surface area contributed by atoms with E-state index in [1.54, 1.807) is 4.90 Å². The van der Waals surface area contributed by atoms with Gasteiger partial charge in [0.15, 0.2) is 0 Å². The number of alkyl halides is 1. The second kappa shape index (κ2) is 6.57. The minimum Gasteiger partial charge on any atom is -0.350 e. The Kier molecular flexibility index (Phi) is 4.80. The van der Waals surface area contributed by atoms with E-state index in [1.165, 1.54) is 0 Å². The van der Waals surface area contributed by atoms with E-state index in [0.717, 1.165) is 30.4 Å². The summed E-state index contributed by atoms with van der Waals surface area (Å²) in [5.41, 5.74) is 2.08. The molecule has 1 aliphatic heterocycles. The van der Waals surface area contributed by atoms with E-state index in [0.29, 0.717) is 19.0 Å². The van der Waals surface area contributed by atoms with Crippen molar-refractivity contribution in [2.24, 2.45) is 0 Å². The lowest BCUT2D eigenvalue weighted by atomic mass is 10.1. The molecule has 19 heavy (non-hydrogen) atoms. The minimum absolute atomic E-state index is 0.0778. The van der Waals surface area contributed by atoms with Gasteiger partial charge in [0, 0.05) is 19.0 Å². The van der Waals surface area contributed by atoms with Gasteiger partial charge in [-0.15, -0.1) is 11.6 Å². The van der Waals surface area contributed by atoms with Crippen LogP contribution in [0.3, 0.4) is 0 Å². The molecule has 1 saturated heterocycles. The first-order valence-electron chi connectivity index (χ1n) is 6.37. The van der Waals surface area contributed by atoms with Gasteiger partial charge in [-0.3, -0.25) is 9.59 Å². The van der Waals surface area contributed by atoms with Crippen LogP contribution in [0.25, 0.3) is 0 Å². The van der Waals surface area contributed by atoms with Crippen LogP contribution in [0.15, 0.2) is 24.3 Å². The Morgan fingerprint density at radius 1 is 1.37 bits per heavy atom. The summed E-state index contributed by atoms with van der Waals surface area (Å²) < 4.78 is 0. The predicted molar refractivity (Wildman–Crippen MR) is 73.6 cm³/mol. The molecule has 1 aromatic carbocycles. The molecular weight excluding hydrogens is 264 g/mol. The van der Waals surface area contributed by atoms with Crippen molar-refractivity contribution in [3.05, 3.63) is 35.4 Å². The van der Waals surface area contributed by atoms with Crippen molar-refractivity contribution in [2.45, 2.75) is 31.3 Å². The molecule has 102 valence electrons. The van der Waals surface area contributed by atoms with E-state index in [2.05, 4.69) is 5.32 Å². The Labute approximate surface area is 117 Å². The van der Waals surface area contributed by atoms with Crippen molar-refractivity contribution in [3.63, 3.8) is 0 Å². The number of nitrogens with one attached hydrogen (secondary N) is 1. The molecule has 0 aliphatic carbocycles. The summed E-state index contributed by atoms with van der Waals surface area (Å²) in [5.74, 6) is 0.411. The quantitative estimate of drug-likeness (QED) is 0.659. The zero-order chi connectivity index (χ0) is 13.7. The van der Waals surface area contributed by atoms with Crippen molar-refractivity contribution in [2.75, 3.05) is 6.54 Å². The maximum absolute atomic E-state index is 12.0. The summed E-state index contributed by atoms with van der Waals surface area (Å²) >= 11 is 5.72. The van der Waals surface area contributed by atoms with Gasteiger partial charge in [0.1, 0.15) is 6.04 Å². The molecule has 0 aromatic heterocycles. The zero-order valence-corrected chi connectivity index (χ0v) is 11.4. The highest BCUT2D eigenvalue weighted by atomic mass is 35.5. The fraction of sp³-hybridized carbons (Fsp3) is 0.429. The Morgan fingerprint density at radius 3 is 2.68 bits per heavy atom. The van der Waals surface area contributed by atoms with Gasteiger partial charge in [-0.1, -0.05) is 24.3 Å². The van der Waals surface area contributed by atoms with Crippen LogP contribution in [0.4, 0.5) is 0 Å². The maximum atomic E-state index is 12.0. The third-order valence-electron chi connectivity index (χ3n) is 3.38. The third kappa shape index (κ3) is 3.47. The predicted octanol–water partition coefficient (Wildman–Crippen LogP) is 1.66. The third-order valence-corrected chi connectivity index (χ3v) is 3.68. The molecule has 0 saturated carbocycles. The first-order chi connectivity index (χ1) is 9.24. The highest BCUT2D eigenvalue weighted by Crippen LogP contribution is 2.15. The van der Waals surface area contributed by atoms with Crippen LogP contribution in [0.1, 0.15) is 24.0 Å². The van der Waals surface area contributed by atoms with Crippen LogP contribution in [-0.2, 0) is 22.0 Å². The number of halogens is 1. The fourth-order valence-electron chi connectivity index (χ4n) is 2.25. The van der Waals surface area contributed by atoms with Gasteiger partial charge >= 0.3 is 0 Å². The van der Waals surface area contributed by atoms with Gasteiger partial charge in [-0.25, -0.2) is 0 Å². The monoisotopic (exact) mass is 280 g/mol. The molecule has 0 spiro atoms. The van der Waals surface area contributed by atoms with Crippen LogP contribution in [0.2, 0.25) is 0 Å². The molecule has 1 aromatic rings. The molecule has 1 atom stereocenters. The Morgan fingerprint density at radius 2 is 2.05 bits per heavy atom. The molecule has 2 rings (SSSR count). The second-order valence-electron chi connectivity index (χ2n) is 4.67. The number of benzene rings is 1. The van der Waals surface area contributed by atoms with Crippen LogP contribution in [-0.4, -0.2) is 29.8 Å². The molecule has 4 nitrogen and oxygen atoms in total. The maximum Gasteiger partial charge on any atom is 0.243 e. The molecule has 0 radical (unpaired) electrons. The number of likely N-dealkylation sites (tertiary alicyclic amines) is 1. The summed E-state index contributed by atoms with van der Waals surface area (Å²) in [5, 5.41) is 2.87. The number of carbonyl (C=O) groups excluding carboxylic acids is 2. The zero-order valence-electron chi connectivity index (χ0n) is 10.6. The van der Waals surface area contributed by atoms with Crippen LogP contribution < -0.4 is 5.32 Å². The van der Waals surface area contributed by atoms with Gasteiger partial charge in [-0.2, -0.15) is 0 Å². The Balaban J connectivity index is 1.87. The van der Waals surface area contributed by atoms with E-state index in [1.807, 2.05) is 24.3 Å². The summed E-state index contributed by atoms with van der Waals surface area (Å²) in [4.78, 5) is 24.3. The summed E-state index contributed by atoms with van der Waals surface area (Å²) in [7, 11) is 0. The Bertz CT molecular complexity index is 447. The Hall–Kier alpha value is -1.55. The fourth-order valence-corrected chi connectivity index (χ4v) is 2.43. The van der Waals surface area contributed by atoms with Crippen molar-refractivity contribution in [3.8, 4) is 0 Å². The largest absolute Gasteiger partial charge is 0.350 e. The topological polar surface area (TPSA) is 49.4 Å². The summed E-state index contributed by atoms with van der Waals surface area (Å²) in [6.45, 7) is 1.15. The molecule has 1 heterocycles. The van der Waals surface area contributed by atoms with Gasteiger partial charge in [0.05, 0.1) is 0 Å². The number of rotatable bonds is 5. The first-order valence-corrected chi connectivity index (χ1v) is 6.90.